The van der Waals surface area contributed by atoms with Crippen molar-refractivity contribution in [2.45, 2.75) is 33.1 Å². The number of fused-ring (bicyclic) bond motifs is 1. The first kappa shape index (κ1) is 20.5. The zero-order valence-corrected chi connectivity index (χ0v) is 16.5. The summed E-state index contributed by atoms with van der Waals surface area (Å²) in [6, 6.07) is 11.1. The van der Waals surface area contributed by atoms with E-state index in [0.717, 1.165) is 22.0 Å². The van der Waals surface area contributed by atoms with Gasteiger partial charge in [-0.1, -0.05) is 6.07 Å². The van der Waals surface area contributed by atoms with Gasteiger partial charge in [0.1, 0.15) is 5.82 Å². The maximum absolute atomic E-state index is 12.9. The molecule has 5 nitrogen and oxygen atoms in total. The molecule has 0 atom stereocenters. The Morgan fingerprint density at radius 1 is 1.03 bits per heavy atom. The van der Waals surface area contributed by atoms with E-state index in [4.69, 9.17) is 0 Å². The van der Waals surface area contributed by atoms with E-state index in [0.29, 0.717) is 24.1 Å². The molecule has 0 saturated carbocycles. The highest BCUT2D eigenvalue weighted by molar-refractivity contribution is 5.97. The second kappa shape index (κ2) is 8.82. The minimum atomic E-state index is -0.409. The minimum Gasteiger partial charge on any atom is -0.356 e. The molecule has 0 aliphatic carbocycles. The summed E-state index contributed by atoms with van der Waals surface area (Å²) in [6.07, 6.45) is 0.492. The number of halogens is 1. The zero-order valence-electron chi connectivity index (χ0n) is 16.5. The number of hydrogen-bond donors (Lipinski definition) is 2. The lowest BCUT2D eigenvalue weighted by atomic mass is 10.0. The average Bonchev–Trinajstić information content (AvgIpc) is 2.67. The molecule has 0 saturated heterocycles. The molecule has 0 aliphatic heterocycles. The molecule has 0 spiro atoms. The van der Waals surface area contributed by atoms with Crippen LogP contribution in [0, 0.1) is 19.7 Å². The molecule has 2 N–H and O–H groups in total. The van der Waals surface area contributed by atoms with E-state index in [2.05, 4.69) is 16.4 Å². The Morgan fingerprint density at radius 3 is 2.48 bits per heavy atom. The minimum absolute atomic E-state index is 0.0443. The molecule has 3 rings (SSSR count). The van der Waals surface area contributed by atoms with Crippen LogP contribution in [0.1, 0.15) is 39.9 Å². The van der Waals surface area contributed by atoms with Crippen LogP contribution >= 0.6 is 0 Å². The second-order valence-corrected chi connectivity index (χ2v) is 7.20. The van der Waals surface area contributed by atoms with Crippen molar-refractivity contribution in [2.75, 3.05) is 6.54 Å². The smallest absolute Gasteiger partial charge is 0.251 e. The summed E-state index contributed by atoms with van der Waals surface area (Å²) in [5.74, 6) is -0.880. The molecule has 0 bridgehead atoms. The molecule has 1 heterocycles. The Kier molecular flexibility index (Phi) is 6.22. The molecule has 150 valence electrons. The Morgan fingerprint density at radius 2 is 1.76 bits per heavy atom. The molecule has 1 aromatic heterocycles. The van der Waals surface area contributed by atoms with Crippen molar-refractivity contribution in [2.24, 2.45) is 0 Å². The van der Waals surface area contributed by atoms with Crippen molar-refractivity contribution in [3.05, 3.63) is 80.9 Å². The number of aromatic amines is 1. The van der Waals surface area contributed by atoms with Crippen molar-refractivity contribution < 1.29 is 14.0 Å². The predicted molar refractivity (Wildman–Crippen MR) is 111 cm³/mol. The van der Waals surface area contributed by atoms with E-state index < -0.39 is 5.82 Å². The third kappa shape index (κ3) is 5.16. The molecule has 3 aromatic rings. The number of rotatable bonds is 7. The number of carbonyl (C=O) groups is 2. The van der Waals surface area contributed by atoms with Gasteiger partial charge in [0, 0.05) is 41.4 Å². The summed E-state index contributed by atoms with van der Waals surface area (Å²) in [6.45, 7) is 4.29. The highest BCUT2D eigenvalue weighted by atomic mass is 19.1. The molecular formula is C23H23FN2O3. The number of aryl methyl sites for hydroxylation is 2. The Bertz CT molecular complexity index is 1120. The summed E-state index contributed by atoms with van der Waals surface area (Å²) in [5, 5.41) is 3.73. The van der Waals surface area contributed by atoms with Crippen LogP contribution in [0.2, 0.25) is 0 Å². The number of H-pyrrole nitrogens is 1. The van der Waals surface area contributed by atoms with Gasteiger partial charge in [-0.25, -0.2) is 4.39 Å². The lowest BCUT2D eigenvalue weighted by molar-refractivity contribution is -0.121. The molecule has 1 amide bonds. The number of pyridine rings is 1. The number of nitrogens with one attached hydrogen (secondary N) is 2. The van der Waals surface area contributed by atoms with Gasteiger partial charge in [-0.15, -0.1) is 0 Å². The number of hydrogen-bond acceptors (Lipinski definition) is 3. The fourth-order valence-corrected chi connectivity index (χ4v) is 3.33. The Balaban J connectivity index is 1.53. The van der Waals surface area contributed by atoms with Crippen LogP contribution < -0.4 is 10.9 Å². The van der Waals surface area contributed by atoms with E-state index >= 15 is 0 Å². The Hall–Kier alpha value is -3.28. The highest BCUT2D eigenvalue weighted by Crippen LogP contribution is 2.18. The van der Waals surface area contributed by atoms with Gasteiger partial charge >= 0.3 is 0 Å². The van der Waals surface area contributed by atoms with E-state index in [-0.39, 0.29) is 30.1 Å². The topological polar surface area (TPSA) is 79.0 Å². The number of Topliss-reactive ketones (excluding diaryl/α,β-unsaturated/α-hetero) is 1. The zero-order chi connectivity index (χ0) is 21.0. The quantitative estimate of drug-likeness (QED) is 0.601. The summed E-state index contributed by atoms with van der Waals surface area (Å²) in [7, 11) is 0. The summed E-state index contributed by atoms with van der Waals surface area (Å²) in [4.78, 5) is 39.2. The van der Waals surface area contributed by atoms with E-state index in [1.54, 1.807) is 0 Å². The van der Waals surface area contributed by atoms with E-state index in [1.165, 1.54) is 24.3 Å². The largest absolute Gasteiger partial charge is 0.356 e. The predicted octanol–water partition coefficient (Wildman–Crippen LogP) is 3.61. The van der Waals surface area contributed by atoms with Gasteiger partial charge in [0.2, 0.25) is 5.91 Å². The Labute approximate surface area is 168 Å². The van der Waals surface area contributed by atoms with Crippen molar-refractivity contribution in [1.82, 2.24) is 10.3 Å². The highest BCUT2D eigenvalue weighted by Gasteiger charge is 2.10. The van der Waals surface area contributed by atoms with Crippen LogP contribution in [0.25, 0.3) is 10.9 Å². The van der Waals surface area contributed by atoms with Gasteiger partial charge in [0.15, 0.2) is 5.78 Å². The molecule has 0 aliphatic rings. The van der Waals surface area contributed by atoms with Gasteiger partial charge in [-0.2, -0.15) is 0 Å². The molecule has 6 heteroatoms. The van der Waals surface area contributed by atoms with Gasteiger partial charge in [0.25, 0.3) is 5.56 Å². The van der Waals surface area contributed by atoms with Gasteiger partial charge in [0.05, 0.1) is 0 Å². The lowest BCUT2D eigenvalue weighted by Crippen LogP contribution is -2.27. The first-order chi connectivity index (χ1) is 13.8. The fraction of sp³-hybridized carbons (Fsp3) is 0.261. The second-order valence-electron chi connectivity index (χ2n) is 7.20. The molecule has 2 aromatic carbocycles. The monoisotopic (exact) mass is 394 g/mol. The first-order valence-electron chi connectivity index (χ1n) is 9.52. The lowest BCUT2D eigenvalue weighted by Gasteiger charge is -2.08. The van der Waals surface area contributed by atoms with Crippen molar-refractivity contribution in [3.63, 3.8) is 0 Å². The molecule has 0 unspecified atom stereocenters. The molecule has 0 fully saturated rings. The number of ketones is 1. The number of amides is 1. The van der Waals surface area contributed by atoms with Crippen LogP contribution in [0.15, 0.2) is 47.3 Å². The van der Waals surface area contributed by atoms with Gasteiger partial charge < -0.3 is 10.3 Å². The van der Waals surface area contributed by atoms with Crippen LogP contribution in [0.3, 0.4) is 0 Å². The van der Waals surface area contributed by atoms with Crippen LogP contribution in [-0.4, -0.2) is 23.2 Å². The van der Waals surface area contributed by atoms with Crippen molar-refractivity contribution in [3.8, 4) is 0 Å². The standard InChI is InChI=1S/C23H23FN2O3/c1-14-11-15(2)19-13-17(23(29)26-20(19)12-14)9-10-25-22(28)8-7-21(27)16-3-5-18(24)6-4-16/h3-6,11-13H,7-10H2,1-2H3,(H,25,28)(H,26,29). The van der Waals surface area contributed by atoms with E-state index in [9.17, 15) is 18.8 Å². The van der Waals surface area contributed by atoms with Gasteiger partial charge in [-0.3, -0.25) is 14.4 Å². The van der Waals surface area contributed by atoms with Crippen LogP contribution in [-0.2, 0) is 11.2 Å². The van der Waals surface area contributed by atoms with Crippen molar-refractivity contribution in [1.29, 1.82) is 0 Å². The average molecular weight is 394 g/mol. The third-order valence-electron chi connectivity index (χ3n) is 4.85. The van der Waals surface area contributed by atoms with Crippen molar-refractivity contribution >= 4 is 22.6 Å². The maximum Gasteiger partial charge on any atom is 0.251 e. The normalized spacial score (nSPS) is 10.9. The summed E-state index contributed by atoms with van der Waals surface area (Å²) in [5.41, 5.74) is 3.80. The van der Waals surface area contributed by atoms with Crippen LogP contribution in [0.5, 0.6) is 0 Å². The van der Waals surface area contributed by atoms with Crippen LogP contribution in [0.4, 0.5) is 4.39 Å². The molecular weight excluding hydrogens is 371 g/mol. The van der Waals surface area contributed by atoms with Gasteiger partial charge in [-0.05, 0) is 67.8 Å². The molecule has 0 radical (unpaired) electrons. The SMILES string of the molecule is Cc1cc(C)c2cc(CCNC(=O)CCC(=O)c3ccc(F)cc3)c(=O)[nH]c2c1. The number of benzene rings is 2. The summed E-state index contributed by atoms with van der Waals surface area (Å²) < 4.78 is 12.9. The van der Waals surface area contributed by atoms with E-state index in [1.807, 2.05) is 26.0 Å². The molecule has 29 heavy (non-hydrogen) atoms. The number of aromatic nitrogens is 1. The maximum atomic E-state index is 12.9. The first-order valence-corrected chi connectivity index (χ1v) is 9.52. The summed E-state index contributed by atoms with van der Waals surface area (Å²) >= 11 is 0. The third-order valence-corrected chi connectivity index (χ3v) is 4.85. The number of carbonyl (C=O) groups excluding carboxylic acids is 2. The fourth-order valence-electron chi connectivity index (χ4n) is 3.33.